The van der Waals surface area contributed by atoms with Crippen molar-refractivity contribution < 1.29 is 9.85 Å². The van der Waals surface area contributed by atoms with Gasteiger partial charge in [0.2, 0.25) is 0 Å². The summed E-state index contributed by atoms with van der Waals surface area (Å²) in [5.41, 5.74) is 0. The van der Waals surface area contributed by atoms with Gasteiger partial charge >= 0.3 is 0 Å². The van der Waals surface area contributed by atoms with E-state index in [-0.39, 0.29) is 4.65 Å². The van der Waals surface area contributed by atoms with Gasteiger partial charge in [-0.2, -0.15) is 4.65 Å². The van der Waals surface area contributed by atoms with Gasteiger partial charge in [0.05, 0.1) is 14.1 Å². The molecule has 0 aromatic heterocycles. The summed E-state index contributed by atoms with van der Waals surface area (Å²) in [4.78, 5) is 0. The predicted octanol–water partition coefficient (Wildman–Crippen LogP) is 5.93. The Morgan fingerprint density at radius 2 is 0.850 bits per heavy atom. The molecule has 122 valence electrons. The fraction of sp³-hybridized carbons (Fsp3) is 1.00. The average molecular weight is 287 g/mol. The van der Waals surface area contributed by atoms with Crippen LogP contribution in [0.1, 0.15) is 96.8 Å². The zero-order valence-corrected chi connectivity index (χ0v) is 14.5. The standard InChI is InChI=1S/C18H40NO/c1-4-5-6-7-8-9-10-11-12-13-14-15-16-17-18-19(2,3)20/h20H,4-18H2,1-3H3/q+1. The molecule has 0 fully saturated rings. The van der Waals surface area contributed by atoms with E-state index < -0.39 is 0 Å². The third-order valence-electron chi connectivity index (χ3n) is 4.06. The van der Waals surface area contributed by atoms with E-state index in [4.69, 9.17) is 0 Å². The van der Waals surface area contributed by atoms with Gasteiger partial charge in [-0.15, -0.1) is 0 Å². The monoisotopic (exact) mass is 286 g/mol. The number of rotatable bonds is 15. The summed E-state index contributed by atoms with van der Waals surface area (Å²) in [7, 11) is 3.70. The molecule has 0 amide bonds. The molecule has 0 radical (unpaired) electrons. The summed E-state index contributed by atoms with van der Waals surface area (Å²) in [5.74, 6) is 0. The summed E-state index contributed by atoms with van der Waals surface area (Å²) in [6, 6.07) is 0. The van der Waals surface area contributed by atoms with Crippen molar-refractivity contribution in [2.75, 3.05) is 20.6 Å². The number of hydrogen-bond acceptors (Lipinski definition) is 1. The molecule has 0 unspecified atom stereocenters. The molecule has 0 rings (SSSR count). The van der Waals surface area contributed by atoms with E-state index >= 15 is 0 Å². The van der Waals surface area contributed by atoms with Gasteiger partial charge in [-0.05, 0) is 12.8 Å². The lowest BCUT2D eigenvalue weighted by molar-refractivity contribution is -1.07. The molecule has 20 heavy (non-hydrogen) atoms. The maximum Gasteiger partial charge on any atom is 0.108 e. The Hall–Kier alpha value is -0.0800. The van der Waals surface area contributed by atoms with E-state index in [9.17, 15) is 5.21 Å². The molecule has 0 aliphatic heterocycles. The van der Waals surface area contributed by atoms with E-state index in [0.717, 1.165) is 13.0 Å². The van der Waals surface area contributed by atoms with Crippen LogP contribution in [0.5, 0.6) is 0 Å². The van der Waals surface area contributed by atoms with Crippen molar-refractivity contribution in [1.82, 2.24) is 0 Å². The van der Waals surface area contributed by atoms with E-state index in [1.807, 2.05) is 14.1 Å². The number of hydrogen-bond donors (Lipinski definition) is 1. The molecule has 0 spiro atoms. The molecule has 0 atom stereocenters. The predicted molar refractivity (Wildman–Crippen MR) is 89.1 cm³/mol. The Labute approximate surface area is 128 Å². The van der Waals surface area contributed by atoms with Crippen LogP contribution in [-0.2, 0) is 0 Å². The highest BCUT2D eigenvalue weighted by Crippen LogP contribution is 2.13. The van der Waals surface area contributed by atoms with Gasteiger partial charge in [0.1, 0.15) is 6.54 Å². The Balaban J connectivity index is 2.99. The summed E-state index contributed by atoms with van der Waals surface area (Å²) in [6.45, 7) is 3.17. The van der Waals surface area contributed by atoms with Crippen molar-refractivity contribution in [3.05, 3.63) is 0 Å². The van der Waals surface area contributed by atoms with Crippen molar-refractivity contribution in [3.63, 3.8) is 0 Å². The van der Waals surface area contributed by atoms with Crippen LogP contribution in [0.15, 0.2) is 0 Å². The summed E-state index contributed by atoms with van der Waals surface area (Å²) in [6.07, 6.45) is 19.5. The highest BCUT2D eigenvalue weighted by molar-refractivity contribution is 4.49. The van der Waals surface area contributed by atoms with Gasteiger partial charge in [0, 0.05) is 0 Å². The molecule has 0 aromatic carbocycles. The molecule has 0 saturated heterocycles. The zero-order chi connectivity index (χ0) is 15.1. The lowest BCUT2D eigenvalue weighted by atomic mass is 10.0. The second-order valence-corrected chi connectivity index (χ2v) is 6.94. The molecule has 2 nitrogen and oxygen atoms in total. The molecular weight excluding hydrogens is 246 g/mol. The molecule has 1 N–H and O–H groups in total. The first kappa shape index (κ1) is 19.9. The fourth-order valence-corrected chi connectivity index (χ4v) is 2.69. The van der Waals surface area contributed by atoms with Gasteiger partial charge in [-0.25, -0.2) is 5.21 Å². The van der Waals surface area contributed by atoms with Crippen LogP contribution in [0.4, 0.5) is 0 Å². The van der Waals surface area contributed by atoms with Crippen molar-refractivity contribution >= 4 is 0 Å². The lowest BCUT2D eigenvalue weighted by Gasteiger charge is -2.18. The fourth-order valence-electron chi connectivity index (χ4n) is 2.69. The normalized spacial score (nSPS) is 12.0. The minimum atomic E-state index is 0.123. The minimum Gasteiger partial charge on any atom is -0.217 e. The van der Waals surface area contributed by atoms with Gasteiger partial charge in [0.25, 0.3) is 0 Å². The van der Waals surface area contributed by atoms with Crippen LogP contribution in [0.25, 0.3) is 0 Å². The summed E-state index contributed by atoms with van der Waals surface area (Å²) < 4.78 is 0.123. The molecular formula is C18H40NO+. The molecule has 0 aliphatic rings. The second kappa shape index (κ2) is 13.9. The van der Waals surface area contributed by atoms with E-state index in [1.54, 1.807) is 0 Å². The van der Waals surface area contributed by atoms with Crippen LogP contribution in [-0.4, -0.2) is 30.5 Å². The van der Waals surface area contributed by atoms with Crippen LogP contribution < -0.4 is 0 Å². The minimum absolute atomic E-state index is 0.123. The van der Waals surface area contributed by atoms with E-state index in [2.05, 4.69) is 6.92 Å². The first-order valence-electron chi connectivity index (χ1n) is 9.12. The third-order valence-corrected chi connectivity index (χ3v) is 4.06. The molecule has 0 aliphatic carbocycles. The largest absolute Gasteiger partial charge is 0.217 e. The van der Waals surface area contributed by atoms with Crippen LogP contribution in [0.2, 0.25) is 0 Å². The number of hydroxylamine groups is 3. The van der Waals surface area contributed by atoms with Gasteiger partial charge in [-0.1, -0.05) is 84.0 Å². The molecule has 0 heterocycles. The van der Waals surface area contributed by atoms with E-state index in [1.165, 1.54) is 83.5 Å². The number of nitrogens with zero attached hydrogens (tertiary/aromatic N) is 1. The summed E-state index contributed by atoms with van der Waals surface area (Å²) in [5, 5.41) is 9.55. The molecule has 2 heteroatoms. The Morgan fingerprint density at radius 1 is 0.550 bits per heavy atom. The lowest BCUT2D eigenvalue weighted by Crippen LogP contribution is -2.36. The number of quaternary nitrogens is 1. The highest BCUT2D eigenvalue weighted by Gasteiger charge is 2.08. The van der Waals surface area contributed by atoms with Gasteiger partial charge in [-0.3, -0.25) is 0 Å². The third kappa shape index (κ3) is 17.9. The first-order chi connectivity index (χ1) is 9.56. The summed E-state index contributed by atoms with van der Waals surface area (Å²) >= 11 is 0. The molecule has 0 saturated carbocycles. The SMILES string of the molecule is CCCCCCCCCCCCCCCC[N+](C)(C)O. The first-order valence-corrected chi connectivity index (χ1v) is 9.12. The van der Waals surface area contributed by atoms with E-state index in [0.29, 0.717) is 0 Å². The Kier molecular flexibility index (Phi) is 13.8. The number of unbranched alkanes of at least 4 members (excludes halogenated alkanes) is 13. The highest BCUT2D eigenvalue weighted by atomic mass is 16.5. The maximum absolute atomic E-state index is 9.55. The van der Waals surface area contributed by atoms with Crippen LogP contribution in [0.3, 0.4) is 0 Å². The smallest absolute Gasteiger partial charge is 0.108 e. The second-order valence-electron chi connectivity index (χ2n) is 6.94. The van der Waals surface area contributed by atoms with Gasteiger partial charge < -0.3 is 0 Å². The average Bonchev–Trinajstić information content (AvgIpc) is 2.38. The van der Waals surface area contributed by atoms with Crippen molar-refractivity contribution in [1.29, 1.82) is 0 Å². The van der Waals surface area contributed by atoms with Crippen molar-refractivity contribution in [3.8, 4) is 0 Å². The van der Waals surface area contributed by atoms with Crippen molar-refractivity contribution in [2.45, 2.75) is 96.8 Å². The molecule has 0 bridgehead atoms. The zero-order valence-electron chi connectivity index (χ0n) is 14.5. The van der Waals surface area contributed by atoms with Crippen LogP contribution in [0, 0.1) is 0 Å². The van der Waals surface area contributed by atoms with Crippen LogP contribution >= 0.6 is 0 Å². The Bertz CT molecular complexity index is 186. The topological polar surface area (TPSA) is 20.2 Å². The maximum atomic E-state index is 9.55. The van der Waals surface area contributed by atoms with Gasteiger partial charge in [0.15, 0.2) is 0 Å². The Morgan fingerprint density at radius 3 is 1.15 bits per heavy atom. The van der Waals surface area contributed by atoms with Crippen molar-refractivity contribution in [2.24, 2.45) is 0 Å². The molecule has 0 aromatic rings. The quantitative estimate of drug-likeness (QED) is 0.224.